The van der Waals surface area contributed by atoms with Crippen LogP contribution < -0.4 is 10.6 Å². The van der Waals surface area contributed by atoms with Gasteiger partial charge in [0.15, 0.2) is 0 Å². The summed E-state index contributed by atoms with van der Waals surface area (Å²) in [6.45, 7) is 7.14. The molecule has 1 aromatic rings. The minimum Gasteiger partial charge on any atom is -0.314 e. The molecule has 0 aromatic heterocycles. The Morgan fingerprint density at radius 2 is 1.95 bits per heavy atom. The molecule has 0 amide bonds. The maximum absolute atomic E-state index is 8.28. The van der Waals surface area contributed by atoms with Crippen molar-refractivity contribution in [3.8, 4) is 0 Å². The van der Waals surface area contributed by atoms with Crippen LogP contribution in [0.3, 0.4) is 0 Å². The molecule has 1 saturated heterocycles. The van der Waals surface area contributed by atoms with E-state index in [2.05, 4.69) is 36.6 Å². The van der Waals surface area contributed by atoms with Crippen molar-refractivity contribution in [1.29, 1.82) is 10.8 Å². The average molecular weight is 300 g/mol. The van der Waals surface area contributed by atoms with Gasteiger partial charge in [-0.1, -0.05) is 44.5 Å². The van der Waals surface area contributed by atoms with Gasteiger partial charge in [-0.05, 0) is 29.9 Å². The van der Waals surface area contributed by atoms with Crippen molar-refractivity contribution in [1.82, 2.24) is 10.6 Å². The van der Waals surface area contributed by atoms with Gasteiger partial charge in [0.2, 0.25) is 0 Å². The molecule has 22 heavy (non-hydrogen) atoms. The van der Waals surface area contributed by atoms with Gasteiger partial charge in [-0.25, -0.2) is 0 Å². The fraction of sp³-hybridized carbons (Fsp3) is 0.556. The molecule has 1 aliphatic heterocycles. The van der Waals surface area contributed by atoms with Gasteiger partial charge in [-0.2, -0.15) is 0 Å². The molecule has 0 spiro atoms. The van der Waals surface area contributed by atoms with E-state index < -0.39 is 0 Å². The Balaban J connectivity index is 1.94. The van der Waals surface area contributed by atoms with Gasteiger partial charge in [-0.3, -0.25) is 0 Å². The highest BCUT2D eigenvalue weighted by atomic mass is 15.1. The van der Waals surface area contributed by atoms with Crippen molar-refractivity contribution >= 4 is 11.4 Å². The first-order valence-electron chi connectivity index (χ1n) is 8.31. The number of hydrogen-bond acceptors (Lipinski definition) is 4. The number of benzene rings is 1. The SMILES string of the molecule is CCCC(=N)[C@@H](C)CC(=N)c1ccc([C@H]2CNCCN2)cc1. The van der Waals surface area contributed by atoms with Crippen LogP contribution in [0.25, 0.3) is 0 Å². The Morgan fingerprint density at radius 1 is 1.23 bits per heavy atom. The Morgan fingerprint density at radius 3 is 2.55 bits per heavy atom. The molecule has 4 N–H and O–H groups in total. The highest BCUT2D eigenvalue weighted by Crippen LogP contribution is 2.17. The normalized spacial score (nSPS) is 19.6. The smallest absolute Gasteiger partial charge is 0.0447 e. The predicted molar refractivity (Wildman–Crippen MR) is 93.3 cm³/mol. The van der Waals surface area contributed by atoms with Gasteiger partial charge >= 0.3 is 0 Å². The number of nitrogens with one attached hydrogen (secondary N) is 4. The number of piperazine rings is 1. The minimum absolute atomic E-state index is 0.163. The lowest BCUT2D eigenvalue weighted by Crippen LogP contribution is -2.42. The maximum atomic E-state index is 8.28. The molecule has 0 saturated carbocycles. The standard InChI is InChI=1S/C18H28N4/c1-3-4-16(19)13(2)11-17(20)14-5-7-15(8-6-14)18-12-21-9-10-22-18/h5-8,13,18-22H,3-4,9-12H2,1-2H3/t13-,18+/m0/s1. The first-order valence-corrected chi connectivity index (χ1v) is 8.31. The average Bonchev–Trinajstić information content (AvgIpc) is 2.56. The summed E-state index contributed by atoms with van der Waals surface area (Å²) in [4.78, 5) is 0. The summed E-state index contributed by atoms with van der Waals surface area (Å²) < 4.78 is 0. The molecule has 0 bridgehead atoms. The molecular weight excluding hydrogens is 272 g/mol. The molecule has 1 heterocycles. The van der Waals surface area contributed by atoms with Crippen molar-refractivity contribution in [2.75, 3.05) is 19.6 Å². The van der Waals surface area contributed by atoms with E-state index in [-0.39, 0.29) is 5.92 Å². The van der Waals surface area contributed by atoms with Crippen molar-refractivity contribution in [2.24, 2.45) is 5.92 Å². The molecule has 4 heteroatoms. The third-order valence-electron chi connectivity index (χ3n) is 4.33. The predicted octanol–water partition coefficient (Wildman–Crippen LogP) is 3.13. The van der Waals surface area contributed by atoms with Gasteiger partial charge in [0.05, 0.1) is 0 Å². The van der Waals surface area contributed by atoms with Crippen LogP contribution >= 0.6 is 0 Å². The van der Waals surface area contributed by atoms with E-state index >= 15 is 0 Å². The number of rotatable bonds is 7. The van der Waals surface area contributed by atoms with E-state index in [0.717, 1.165) is 43.8 Å². The van der Waals surface area contributed by atoms with Crippen LogP contribution in [0, 0.1) is 16.7 Å². The summed E-state index contributed by atoms with van der Waals surface area (Å²) in [6, 6.07) is 8.70. The van der Waals surface area contributed by atoms with Gasteiger partial charge < -0.3 is 21.5 Å². The Kier molecular flexibility index (Phi) is 6.28. The minimum atomic E-state index is 0.163. The quantitative estimate of drug-likeness (QED) is 0.584. The largest absolute Gasteiger partial charge is 0.314 e. The molecule has 4 nitrogen and oxygen atoms in total. The molecule has 1 aliphatic rings. The lowest BCUT2D eigenvalue weighted by atomic mass is 9.92. The van der Waals surface area contributed by atoms with Crippen LogP contribution in [0.5, 0.6) is 0 Å². The molecule has 0 radical (unpaired) electrons. The third kappa shape index (κ3) is 4.49. The second kappa shape index (κ2) is 8.20. The van der Waals surface area contributed by atoms with Crippen LogP contribution in [-0.4, -0.2) is 31.1 Å². The molecule has 2 rings (SSSR count). The molecule has 1 aromatic carbocycles. The van der Waals surface area contributed by atoms with Crippen molar-refractivity contribution in [2.45, 2.75) is 39.2 Å². The summed E-state index contributed by atoms with van der Waals surface area (Å²) in [5, 5.41) is 23.2. The van der Waals surface area contributed by atoms with Crippen LogP contribution in [0.4, 0.5) is 0 Å². The maximum Gasteiger partial charge on any atom is 0.0447 e. The number of hydrogen-bond donors (Lipinski definition) is 4. The molecular formula is C18H28N4. The lowest BCUT2D eigenvalue weighted by molar-refractivity contribution is 0.430. The van der Waals surface area contributed by atoms with Crippen LogP contribution in [0.2, 0.25) is 0 Å². The fourth-order valence-corrected chi connectivity index (χ4v) is 2.87. The van der Waals surface area contributed by atoms with E-state index in [4.69, 9.17) is 10.8 Å². The third-order valence-corrected chi connectivity index (χ3v) is 4.33. The van der Waals surface area contributed by atoms with E-state index in [0.29, 0.717) is 18.2 Å². The van der Waals surface area contributed by atoms with Gasteiger partial charge in [0.25, 0.3) is 0 Å². The first kappa shape index (κ1) is 16.8. The lowest BCUT2D eigenvalue weighted by Gasteiger charge is -2.25. The van der Waals surface area contributed by atoms with E-state index in [1.807, 2.05) is 12.1 Å². The summed E-state index contributed by atoms with van der Waals surface area (Å²) in [5.74, 6) is 0.163. The molecule has 1 fully saturated rings. The zero-order chi connectivity index (χ0) is 15.9. The zero-order valence-electron chi connectivity index (χ0n) is 13.7. The first-order chi connectivity index (χ1) is 10.6. The second-order valence-electron chi connectivity index (χ2n) is 6.19. The summed E-state index contributed by atoms with van der Waals surface area (Å²) in [6.07, 6.45) is 2.50. The van der Waals surface area contributed by atoms with Crippen molar-refractivity contribution in [3.05, 3.63) is 35.4 Å². The summed E-state index contributed by atoms with van der Waals surface area (Å²) in [5.41, 5.74) is 3.65. The van der Waals surface area contributed by atoms with Gasteiger partial charge in [0.1, 0.15) is 0 Å². The fourth-order valence-electron chi connectivity index (χ4n) is 2.87. The van der Waals surface area contributed by atoms with Crippen LogP contribution in [0.1, 0.15) is 50.3 Å². The topological polar surface area (TPSA) is 71.8 Å². The monoisotopic (exact) mass is 300 g/mol. The molecule has 0 unspecified atom stereocenters. The highest BCUT2D eigenvalue weighted by molar-refractivity contribution is 6.00. The van der Waals surface area contributed by atoms with Crippen LogP contribution in [-0.2, 0) is 0 Å². The van der Waals surface area contributed by atoms with E-state index in [9.17, 15) is 0 Å². The molecule has 2 atom stereocenters. The molecule has 120 valence electrons. The Bertz CT molecular complexity index is 500. The summed E-state index contributed by atoms with van der Waals surface area (Å²) in [7, 11) is 0. The van der Waals surface area contributed by atoms with Crippen molar-refractivity contribution in [3.63, 3.8) is 0 Å². The van der Waals surface area contributed by atoms with Crippen LogP contribution in [0.15, 0.2) is 24.3 Å². The summed E-state index contributed by atoms with van der Waals surface area (Å²) >= 11 is 0. The second-order valence-corrected chi connectivity index (χ2v) is 6.19. The zero-order valence-corrected chi connectivity index (χ0v) is 13.7. The van der Waals surface area contributed by atoms with Gasteiger partial charge in [-0.15, -0.1) is 0 Å². The van der Waals surface area contributed by atoms with E-state index in [1.165, 1.54) is 5.56 Å². The van der Waals surface area contributed by atoms with E-state index in [1.54, 1.807) is 0 Å². The highest BCUT2D eigenvalue weighted by Gasteiger charge is 2.15. The molecule has 0 aliphatic carbocycles. The Labute approximate surface area is 133 Å². The van der Waals surface area contributed by atoms with Crippen molar-refractivity contribution < 1.29 is 0 Å². The van der Waals surface area contributed by atoms with Gasteiger partial charge in [0, 0.05) is 37.1 Å². The Hall–Kier alpha value is -1.52.